The topological polar surface area (TPSA) is 12.0 Å². The molecule has 2 aromatic carbocycles. The molecule has 0 spiro atoms. The predicted molar refractivity (Wildman–Crippen MR) is 78.0 cm³/mol. The van der Waals surface area contributed by atoms with Crippen molar-refractivity contribution in [2.75, 3.05) is 0 Å². The van der Waals surface area contributed by atoms with Crippen LogP contribution in [0.15, 0.2) is 30.3 Å². The number of hydrogen-bond donors (Lipinski definition) is 1. The van der Waals surface area contributed by atoms with Crippen LogP contribution in [0.25, 0.3) is 10.8 Å². The van der Waals surface area contributed by atoms with E-state index >= 15 is 0 Å². The minimum atomic E-state index is -0.108. The van der Waals surface area contributed by atoms with Gasteiger partial charge in [-0.15, -0.1) is 0 Å². The fraction of sp³-hybridized carbons (Fsp3) is 0.412. The third-order valence-electron chi connectivity index (χ3n) is 3.73. The minimum absolute atomic E-state index is 0.107. The van der Waals surface area contributed by atoms with E-state index in [-0.39, 0.29) is 11.4 Å². The normalized spacial score (nSPS) is 18.8. The molecule has 1 unspecified atom stereocenters. The highest BCUT2D eigenvalue weighted by Crippen LogP contribution is 2.31. The Morgan fingerprint density at radius 3 is 2.42 bits per heavy atom. The Bertz CT molecular complexity index is 613. The van der Waals surface area contributed by atoms with Gasteiger partial charge >= 0.3 is 0 Å². The fourth-order valence-corrected chi connectivity index (χ4v) is 3.18. The Hall–Kier alpha value is -1.41. The highest BCUT2D eigenvalue weighted by atomic mass is 19.1. The molecule has 0 amide bonds. The smallest absolute Gasteiger partial charge is 0.131 e. The molecule has 100 valence electrons. The summed E-state index contributed by atoms with van der Waals surface area (Å²) < 4.78 is 13.9. The van der Waals surface area contributed by atoms with Gasteiger partial charge in [-0.25, -0.2) is 4.39 Å². The van der Waals surface area contributed by atoms with E-state index in [0.29, 0.717) is 6.04 Å². The average Bonchev–Trinajstić information content (AvgIpc) is 2.31. The summed E-state index contributed by atoms with van der Waals surface area (Å²) >= 11 is 0. The van der Waals surface area contributed by atoms with Gasteiger partial charge in [-0.1, -0.05) is 24.3 Å². The van der Waals surface area contributed by atoms with Crippen LogP contribution in [-0.4, -0.2) is 11.6 Å². The lowest BCUT2D eigenvalue weighted by atomic mass is 9.84. The first-order valence-corrected chi connectivity index (χ1v) is 6.91. The van der Waals surface area contributed by atoms with Crippen LogP contribution in [-0.2, 0) is 12.8 Å². The molecule has 0 saturated heterocycles. The van der Waals surface area contributed by atoms with Crippen molar-refractivity contribution < 1.29 is 4.39 Å². The molecule has 2 aromatic rings. The molecular formula is C17H20FN. The lowest BCUT2D eigenvalue weighted by molar-refractivity contribution is 0.352. The average molecular weight is 257 g/mol. The summed E-state index contributed by atoms with van der Waals surface area (Å²) in [6, 6.07) is 9.95. The van der Waals surface area contributed by atoms with Crippen molar-refractivity contribution in [3.63, 3.8) is 0 Å². The van der Waals surface area contributed by atoms with Crippen LogP contribution in [0.4, 0.5) is 4.39 Å². The van der Waals surface area contributed by atoms with Crippen LogP contribution in [0.5, 0.6) is 0 Å². The van der Waals surface area contributed by atoms with Crippen LogP contribution in [0.3, 0.4) is 0 Å². The van der Waals surface area contributed by atoms with Gasteiger partial charge in [0.2, 0.25) is 0 Å². The van der Waals surface area contributed by atoms with Crippen LogP contribution in [0, 0.1) is 5.82 Å². The van der Waals surface area contributed by atoms with Gasteiger partial charge in [0, 0.05) is 17.0 Å². The third-order valence-corrected chi connectivity index (χ3v) is 3.73. The zero-order chi connectivity index (χ0) is 13.6. The van der Waals surface area contributed by atoms with Crippen molar-refractivity contribution in [3.05, 3.63) is 47.3 Å². The van der Waals surface area contributed by atoms with E-state index in [0.717, 1.165) is 23.6 Å². The van der Waals surface area contributed by atoms with Crippen molar-refractivity contribution in [2.24, 2.45) is 0 Å². The van der Waals surface area contributed by atoms with Gasteiger partial charge in [-0.05, 0) is 56.2 Å². The monoisotopic (exact) mass is 257 g/mol. The van der Waals surface area contributed by atoms with E-state index in [1.165, 1.54) is 11.1 Å². The molecule has 1 aliphatic carbocycles. The Morgan fingerprint density at radius 2 is 1.74 bits per heavy atom. The van der Waals surface area contributed by atoms with E-state index in [1.54, 1.807) is 6.07 Å². The van der Waals surface area contributed by atoms with Crippen molar-refractivity contribution in [1.29, 1.82) is 0 Å². The molecule has 19 heavy (non-hydrogen) atoms. The summed E-state index contributed by atoms with van der Waals surface area (Å²) in [5.41, 5.74) is 2.64. The highest BCUT2D eigenvalue weighted by molar-refractivity contribution is 5.90. The quantitative estimate of drug-likeness (QED) is 0.818. The minimum Gasteiger partial charge on any atom is -0.309 e. The molecule has 1 aliphatic rings. The second-order valence-electron chi connectivity index (χ2n) is 6.55. The molecule has 0 aliphatic heterocycles. The van der Waals surface area contributed by atoms with Gasteiger partial charge in [0.05, 0.1) is 0 Å². The van der Waals surface area contributed by atoms with Gasteiger partial charge in [0.15, 0.2) is 0 Å². The molecule has 0 aromatic heterocycles. The number of rotatable bonds is 1. The lowest BCUT2D eigenvalue weighted by Gasteiger charge is -2.32. The second-order valence-corrected chi connectivity index (χ2v) is 6.55. The van der Waals surface area contributed by atoms with E-state index in [9.17, 15) is 4.39 Å². The largest absolute Gasteiger partial charge is 0.309 e. The standard InChI is InChI=1S/C17H20FN/c1-17(2,3)19-13-9-11-5-4-6-14-15(18)8-7-12(10-13)16(11)14/h4-8,13,19H,9-10H2,1-3H3. The zero-order valence-electron chi connectivity index (χ0n) is 11.8. The number of hydrogen-bond acceptors (Lipinski definition) is 1. The van der Waals surface area contributed by atoms with E-state index < -0.39 is 0 Å². The summed E-state index contributed by atoms with van der Waals surface area (Å²) in [7, 11) is 0. The molecule has 3 rings (SSSR count). The Balaban J connectivity index is 2.05. The van der Waals surface area contributed by atoms with Crippen LogP contribution in [0.1, 0.15) is 31.9 Å². The van der Waals surface area contributed by atoms with E-state index in [1.807, 2.05) is 18.2 Å². The molecule has 0 saturated carbocycles. The summed E-state index contributed by atoms with van der Waals surface area (Å²) in [6.07, 6.45) is 1.95. The zero-order valence-corrected chi connectivity index (χ0v) is 11.8. The summed E-state index contributed by atoms with van der Waals surface area (Å²) in [4.78, 5) is 0. The van der Waals surface area contributed by atoms with E-state index in [4.69, 9.17) is 0 Å². The molecule has 0 heterocycles. The SMILES string of the molecule is CC(C)(C)NC1Cc2cccc3c(F)ccc(c23)C1. The van der Waals surface area contributed by atoms with Crippen LogP contribution >= 0.6 is 0 Å². The number of benzene rings is 2. The van der Waals surface area contributed by atoms with E-state index in [2.05, 4.69) is 32.2 Å². The van der Waals surface area contributed by atoms with Crippen LogP contribution in [0.2, 0.25) is 0 Å². The predicted octanol–water partition coefficient (Wildman–Crippen LogP) is 3.83. The Kier molecular flexibility index (Phi) is 2.86. The van der Waals surface area contributed by atoms with Gasteiger partial charge in [0.25, 0.3) is 0 Å². The molecule has 1 nitrogen and oxygen atoms in total. The lowest BCUT2D eigenvalue weighted by Crippen LogP contribution is -2.46. The summed E-state index contributed by atoms with van der Waals surface area (Å²) in [5, 5.41) is 5.56. The van der Waals surface area contributed by atoms with Gasteiger partial charge in [-0.2, -0.15) is 0 Å². The van der Waals surface area contributed by atoms with Crippen molar-refractivity contribution in [3.8, 4) is 0 Å². The maximum atomic E-state index is 13.9. The van der Waals surface area contributed by atoms with Crippen molar-refractivity contribution in [1.82, 2.24) is 5.32 Å². The first-order valence-electron chi connectivity index (χ1n) is 6.91. The Morgan fingerprint density at radius 1 is 1.05 bits per heavy atom. The molecule has 0 radical (unpaired) electrons. The van der Waals surface area contributed by atoms with Gasteiger partial charge in [-0.3, -0.25) is 0 Å². The van der Waals surface area contributed by atoms with Crippen molar-refractivity contribution >= 4 is 10.8 Å². The fourth-order valence-electron chi connectivity index (χ4n) is 3.18. The highest BCUT2D eigenvalue weighted by Gasteiger charge is 2.24. The first-order chi connectivity index (χ1) is 8.94. The van der Waals surface area contributed by atoms with Crippen molar-refractivity contribution in [2.45, 2.75) is 45.2 Å². The maximum absolute atomic E-state index is 13.9. The van der Waals surface area contributed by atoms with Gasteiger partial charge < -0.3 is 5.32 Å². The van der Waals surface area contributed by atoms with Crippen LogP contribution < -0.4 is 5.32 Å². The molecule has 0 bridgehead atoms. The molecule has 0 fully saturated rings. The maximum Gasteiger partial charge on any atom is 0.131 e. The Labute approximate surface area is 113 Å². The van der Waals surface area contributed by atoms with Gasteiger partial charge in [0.1, 0.15) is 5.82 Å². The summed E-state index contributed by atoms with van der Waals surface area (Å²) in [5.74, 6) is -0.108. The summed E-state index contributed by atoms with van der Waals surface area (Å²) in [6.45, 7) is 6.56. The molecule has 2 heteroatoms. The first kappa shape index (κ1) is 12.6. The number of nitrogens with one attached hydrogen (secondary N) is 1. The molecule has 1 atom stereocenters. The molecule has 1 N–H and O–H groups in total. The molecular weight excluding hydrogens is 237 g/mol. The third kappa shape index (κ3) is 2.37. The number of halogens is 1. The second kappa shape index (κ2) is 4.31.